The predicted molar refractivity (Wildman–Crippen MR) is 105 cm³/mol. The monoisotopic (exact) mass is 408 g/mol. The third-order valence-corrected chi connectivity index (χ3v) is 7.34. The first-order valence-electron chi connectivity index (χ1n) is 9.00. The molecule has 146 valence electrons. The summed E-state index contributed by atoms with van der Waals surface area (Å²) in [7, 11) is -3.74. The number of benzene rings is 1. The molecule has 1 aromatic heterocycles. The van der Waals surface area contributed by atoms with E-state index in [4.69, 9.17) is 10.5 Å². The second-order valence-electron chi connectivity index (χ2n) is 6.23. The molecule has 0 atom stereocenters. The number of unbranched alkanes of at least 4 members (excludes halogenated alkanes) is 1. The zero-order valence-electron chi connectivity index (χ0n) is 15.3. The van der Waals surface area contributed by atoms with Gasteiger partial charge in [0, 0.05) is 23.5 Å². The molecule has 0 bridgehead atoms. The van der Waals surface area contributed by atoms with Crippen molar-refractivity contribution in [1.82, 2.24) is 14.5 Å². The lowest BCUT2D eigenvalue weighted by Crippen LogP contribution is -2.41. The fraction of sp³-hybridized carbons (Fsp3) is 0.444. The van der Waals surface area contributed by atoms with Gasteiger partial charge in [0.1, 0.15) is 0 Å². The number of aromatic nitrogens is 2. The molecule has 1 aromatic carbocycles. The van der Waals surface area contributed by atoms with E-state index in [9.17, 15) is 8.42 Å². The fourth-order valence-corrected chi connectivity index (χ4v) is 5.46. The van der Waals surface area contributed by atoms with Crippen molar-refractivity contribution < 1.29 is 13.2 Å². The fourth-order valence-electron chi connectivity index (χ4n) is 2.87. The highest BCUT2D eigenvalue weighted by Crippen LogP contribution is 2.37. The van der Waals surface area contributed by atoms with Gasteiger partial charge in [-0.2, -0.15) is 4.31 Å². The van der Waals surface area contributed by atoms with Crippen molar-refractivity contribution in [3.05, 3.63) is 35.9 Å². The van der Waals surface area contributed by atoms with Crippen LogP contribution in [0.3, 0.4) is 0 Å². The smallest absolute Gasteiger partial charge is 0.262 e. The summed E-state index contributed by atoms with van der Waals surface area (Å²) in [5, 5.41) is 8.02. The Morgan fingerprint density at radius 1 is 1.19 bits per heavy atom. The van der Waals surface area contributed by atoms with Gasteiger partial charge in [-0.1, -0.05) is 43.3 Å². The van der Waals surface area contributed by atoms with Gasteiger partial charge in [0.15, 0.2) is 10.8 Å². The number of sulfonamides is 1. The minimum atomic E-state index is -3.74. The molecule has 0 saturated carbocycles. The second kappa shape index (κ2) is 9.01. The number of nitrogens with zero attached hydrogens (tertiary/aromatic N) is 3. The lowest BCUT2D eigenvalue weighted by atomic mass is 10.1. The number of nitrogen functional groups attached to an aromatic ring is 1. The Labute approximate surface area is 164 Å². The zero-order valence-corrected chi connectivity index (χ0v) is 16.9. The highest BCUT2D eigenvalue weighted by Gasteiger charge is 2.32. The first-order chi connectivity index (χ1) is 13.0. The summed E-state index contributed by atoms with van der Waals surface area (Å²) < 4.78 is 33.1. The Kier molecular flexibility index (Phi) is 6.69. The van der Waals surface area contributed by atoms with Crippen LogP contribution in [0.15, 0.2) is 45.1 Å². The molecule has 0 unspecified atom stereocenters. The van der Waals surface area contributed by atoms with Crippen LogP contribution in [-0.4, -0.2) is 49.2 Å². The normalized spacial score (nSPS) is 15.7. The Hall–Kier alpha value is -1.68. The lowest BCUT2D eigenvalue weighted by molar-refractivity contribution is 0.0728. The van der Waals surface area contributed by atoms with Gasteiger partial charge in [-0.25, -0.2) is 8.42 Å². The van der Waals surface area contributed by atoms with Gasteiger partial charge < -0.3 is 10.5 Å². The Balaban J connectivity index is 2.06. The van der Waals surface area contributed by atoms with E-state index in [1.807, 2.05) is 30.3 Å². The average Bonchev–Trinajstić information content (AvgIpc) is 2.69. The van der Waals surface area contributed by atoms with E-state index >= 15 is 0 Å². The zero-order chi connectivity index (χ0) is 19.3. The van der Waals surface area contributed by atoms with Crippen molar-refractivity contribution in [2.24, 2.45) is 0 Å². The molecule has 2 N–H and O–H groups in total. The quantitative estimate of drug-likeness (QED) is 0.752. The lowest BCUT2D eigenvalue weighted by Gasteiger charge is -2.26. The number of anilines is 1. The molecule has 7 nitrogen and oxygen atoms in total. The first-order valence-corrected chi connectivity index (χ1v) is 11.3. The Morgan fingerprint density at radius 3 is 2.56 bits per heavy atom. The van der Waals surface area contributed by atoms with Crippen molar-refractivity contribution >= 4 is 27.6 Å². The summed E-state index contributed by atoms with van der Waals surface area (Å²) >= 11 is 1.43. The van der Waals surface area contributed by atoms with E-state index in [1.165, 1.54) is 16.1 Å². The van der Waals surface area contributed by atoms with Crippen LogP contribution in [0.5, 0.6) is 0 Å². The molecule has 2 aromatic rings. The van der Waals surface area contributed by atoms with E-state index in [-0.39, 0.29) is 10.8 Å². The highest BCUT2D eigenvalue weighted by atomic mass is 32.2. The number of ether oxygens (including phenoxy) is 1. The minimum Gasteiger partial charge on any atom is -0.381 e. The molecule has 9 heteroatoms. The van der Waals surface area contributed by atoms with Gasteiger partial charge in [-0.3, -0.25) is 0 Å². The van der Waals surface area contributed by atoms with E-state index < -0.39 is 10.0 Å². The van der Waals surface area contributed by atoms with Crippen LogP contribution in [0.2, 0.25) is 0 Å². The number of rotatable bonds is 7. The maximum absolute atomic E-state index is 13.2. The molecule has 27 heavy (non-hydrogen) atoms. The molecule has 0 amide bonds. The molecule has 0 aliphatic carbocycles. The van der Waals surface area contributed by atoms with Crippen molar-refractivity contribution in [2.45, 2.75) is 41.0 Å². The molecule has 1 aliphatic rings. The van der Waals surface area contributed by atoms with E-state index in [1.54, 1.807) is 0 Å². The Bertz CT molecular complexity index is 870. The largest absolute Gasteiger partial charge is 0.381 e. The summed E-state index contributed by atoms with van der Waals surface area (Å²) in [5.41, 5.74) is 6.77. The van der Waals surface area contributed by atoms with Gasteiger partial charge >= 0.3 is 0 Å². The standard InChI is InChI=1S/C18H24N4O3S2/c1-2-3-9-15-16(26-14-7-5-4-6-8-14)17(19)20-21-18(15)27(23,24)22-10-12-25-13-11-22/h4-8H,2-3,9-13H2,1H3,(H2,19,20). The molecular weight excluding hydrogens is 384 g/mol. The maximum atomic E-state index is 13.2. The number of hydrogen-bond acceptors (Lipinski definition) is 7. The van der Waals surface area contributed by atoms with Crippen molar-refractivity contribution in [1.29, 1.82) is 0 Å². The van der Waals surface area contributed by atoms with Gasteiger partial charge in [-0.05, 0) is 25.0 Å². The summed E-state index contributed by atoms with van der Waals surface area (Å²) in [4.78, 5) is 1.65. The third-order valence-electron chi connectivity index (χ3n) is 4.31. The topological polar surface area (TPSA) is 98.4 Å². The first kappa shape index (κ1) is 20.1. The minimum absolute atomic E-state index is 0.0190. The molecule has 1 aliphatic heterocycles. The summed E-state index contributed by atoms with van der Waals surface area (Å²) in [5.74, 6) is 0.260. The van der Waals surface area contributed by atoms with E-state index in [0.29, 0.717) is 43.2 Å². The van der Waals surface area contributed by atoms with Crippen LogP contribution < -0.4 is 5.73 Å². The summed E-state index contributed by atoms with van der Waals surface area (Å²) in [6.07, 6.45) is 2.37. The van der Waals surface area contributed by atoms with Gasteiger partial charge in [0.2, 0.25) is 0 Å². The SMILES string of the molecule is CCCCc1c(S(=O)(=O)N2CCOCC2)nnc(N)c1Sc1ccccc1. The number of nitrogens with two attached hydrogens (primary N) is 1. The summed E-state index contributed by atoms with van der Waals surface area (Å²) in [6.45, 7) is 3.48. The Morgan fingerprint density at radius 2 is 1.89 bits per heavy atom. The molecule has 1 saturated heterocycles. The van der Waals surface area contributed by atoms with Crippen LogP contribution in [-0.2, 0) is 21.2 Å². The van der Waals surface area contributed by atoms with Gasteiger partial charge in [0.25, 0.3) is 10.0 Å². The average molecular weight is 409 g/mol. The number of morpholine rings is 1. The van der Waals surface area contributed by atoms with Crippen LogP contribution in [0.1, 0.15) is 25.3 Å². The molecule has 2 heterocycles. The highest BCUT2D eigenvalue weighted by molar-refractivity contribution is 7.99. The molecule has 0 spiro atoms. The van der Waals surface area contributed by atoms with Gasteiger partial charge in [-0.15, -0.1) is 10.2 Å². The predicted octanol–water partition coefficient (Wildman–Crippen LogP) is 2.57. The van der Waals surface area contributed by atoms with Crippen LogP contribution in [0.25, 0.3) is 0 Å². The molecule has 0 radical (unpaired) electrons. The second-order valence-corrected chi connectivity index (χ2v) is 9.17. The van der Waals surface area contributed by atoms with Gasteiger partial charge in [0.05, 0.1) is 18.1 Å². The maximum Gasteiger partial charge on any atom is 0.262 e. The molecular formula is C18H24N4O3S2. The van der Waals surface area contributed by atoms with Crippen LogP contribution in [0, 0.1) is 0 Å². The van der Waals surface area contributed by atoms with Crippen molar-refractivity contribution in [2.75, 3.05) is 32.0 Å². The van der Waals surface area contributed by atoms with Crippen LogP contribution in [0.4, 0.5) is 5.82 Å². The molecule has 3 rings (SSSR count). The van der Waals surface area contributed by atoms with Crippen molar-refractivity contribution in [3.8, 4) is 0 Å². The van der Waals surface area contributed by atoms with E-state index in [2.05, 4.69) is 17.1 Å². The molecule has 1 fully saturated rings. The number of hydrogen-bond donors (Lipinski definition) is 1. The third kappa shape index (κ3) is 4.60. The van der Waals surface area contributed by atoms with Crippen LogP contribution >= 0.6 is 11.8 Å². The van der Waals surface area contributed by atoms with Crippen molar-refractivity contribution in [3.63, 3.8) is 0 Å². The summed E-state index contributed by atoms with van der Waals surface area (Å²) in [6, 6.07) is 9.73. The van der Waals surface area contributed by atoms with E-state index in [0.717, 1.165) is 17.7 Å².